The number of carbonyl (C=O) groups is 2. The number of ether oxygens (including phenoxy) is 2. The van der Waals surface area contributed by atoms with E-state index in [9.17, 15) is 32.8 Å². The fraction of sp³-hybridized carbons (Fsp3) is 0.895. The summed E-state index contributed by atoms with van der Waals surface area (Å²) in [7, 11) is -2.60. The van der Waals surface area contributed by atoms with Gasteiger partial charge in [-0.3, -0.25) is 9.59 Å². The number of hydrogen-bond acceptors (Lipinski definition) is 13. The SMILES string of the molecule is CO[Si](CCCOCC(O)COC(=O)C(C)SCC(C)(CO)C(=O)NCCS(=O)(=O)[O-])(OC)OC. The first-order valence-corrected chi connectivity index (χ1v) is 15.4. The van der Waals surface area contributed by atoms with Crippen molar-refractivity contribution in [3.8, 4) is 0 Å². The van der Waals surface area contributed by atoms with Crippen LogP contribution in [-0.4, -0.2) is 121 Å². The number of nitrogens with one attached hydrogen (secondary N) is 1. The molecule has 13 nitrogen and oxygen atoms in total. The summed E-state index contributed by atoms with van der Waals surface area (Å²) in [5.41, 5.74) is -1.31. The Labute approximate surface area is 212 Å². The largest absolute Gasteiger partial charge is 0.748 e. The molecular weight excluding hydrogens is 526 g/mol. The molecule has 0 bridgehead atoms. The average Bonchev–Trinajstić information content (AvgIpc) is 2.82. The van der Waals surface area contributed by atoms with E-state index >= 15 is 0 Å². The molecule has 0 aromatic heterocycles. The fourth-order valence-electron chi connectivity index (χ4n) is 2.57. The first-order valence-electron chi connectivity index (χ1n) is 10.8. The summed E-state index contributed by atoms with van der Waals surface area (Å²) in [5.74, 6) is -2.01. The van der Waals surface area contributed by atoms with Crippen molar-refractivity contribution in [2.75, 3.05) is 65.8 Å². The van der Waals surface area contributed by atoms with Crippen LogP contribution in [0.3, 0.4) is 0 Å². The van der Waals surface area contributed by atoms with Gasteiger partial charge in [0.05, 0.1) is 39.7 Å². The lowest BCUT2D eigenvalue weighted by Gasteiger charge is -2.27. The molecule has 35 heavy (non-hydrogen) atoms. The summed E-state index contributed by atoms with van der Waals surface area (Å²) in [6.07, 6.45) is -0.442. The maximum atomic E-state index is 12.3. The van der Waals surface area contributed by atoms with Crippen LogP contribution in [0.4, 0.5) is 0 Å². The third-order valence-corrected chi connectivity index (χ3v) is 9.98. The highest BCUT2D eigenvalue weighted by Crippen LogP contribution is 2.26. The number of rotatable bonds is 20. The van der Waals surface area contributed by atoms with Gasteiger partial charge in [0.2, 0.25) is 5.91 Å². The normalized spacial score (nSPS) is 15.8. The Hall–Kier alpha value is -0.823. The van der Waals surface area contributed by atoms with Gasteiger partial charge in [-0.2, -0.15) is 0 Å². The van der Waals surface area contributed by atoms with E-state index in [-0.39, 0.29) is 25.5 Å². The Balaban J connectivity index is 4.32. The monoisotopic (exact) mass is 564 g/mol. The van der Waals surface area contributed by atoms with E-state index in [1.165, 1.54) is 28.3 Å². The summed E-state index contributed by atoms with van der Waals surface area (Å²) in [4.78, 5) is 24.5. The second-order valence-electron chi connectivity index (χ2n) is 7.95. The molecule has 3 atom stereocenters. The van der Waals surface area contributed by atoms with Crippen LogP contribution in [0.2, 0.25) is 6.04 Å². The molecule has 0 aromatic rings. The van der Waals surface area contributed by atoms with E-state index in [0.717, 1.165) is 11.8 Å². The minimum absolute atomic E-state index is 0.0244. The van der Waals surface area contributed by atoms with Gasteiger partial charge < -0.3 is 42.8 Å². The van der Waals surface area contributed by atoms with Crippen LogP contribution in [-0.2, 0) is 42.5 Å². The van der Waals surface area contributed by atoms with E-state index in [1.807, 2.05) is 0 Å². The quantitative estimate of drug-likeness (QED) is 0.0704. The van der Waals surface area contributed by atoms with Crippen LogP contribution < -0.4 is 5.32 Å². The molecule has 0 aliphatic rings. The molecule has 0 rings (SSSR count). The van der Waals surface area contributed by atoms with Crippen molar-refractivity contribution in [3.05, 3.63) is 0 Å². The van der Waals surface area contributed by atoms with Gasteiger partial charge >= 0.3 is 14.8 Å². The van der Waals surface area contributed by atoms with Crippen molar-refractivity contribution in [3.63, 3.8) is 0 Å². The van der Waals surface area contributed by atoms with Gasteiger partial charge in [-0.15, -0.1) is 11.8 Å². The molecule has 0 aromatic carbocycles. The molecule has 0 fully saturated rings. The number of hydrogen-bond donors (Lipinski definition) is 3. The molecular formula is C19H38NO12S2Si-. The molecule has 3 unspecified atom stereocenters. The van der Waals surface area contributed by atoms with Crippen molar-refractivity contribution in [1.29, 1.82) is 0 Å². The summed E-state index contributed by atoms with van der Waals surface area (Å²) in [6.45, 7) is 2.06. The zero-order valence-corrected chi connectivity index (χ0v) is 23.4. The van der Waals surface area contributed by atoms with Crippen molar-refractivity contribution >= 4 is 42.6 Å². The number of thioether (sulfide) groups is 1. The predicted octanol–water partition coefficient (Wildman–Crippen LogP) is -1.04. The highest BCUT2D eigenvalue weighted by Gasteiger charge is 2.37. The fourth-order valence-corrected chi connectivity index (χ4v) is 5.66. The zero-order valence-electron chi connectivity index (χ0n) is 20.8. The van der Waals surface area contributed by atoms with E-state index in [1.54, 1.807) is 6.92 Å². The van der Waals surface area contributed by atoms with Gasteiger partial charge in [-0.05, 0) is 20.3 Å². The smallest absolute Gasteiger partial charge is 0.500 e. The Morgan fingerprint density at radius 1 is 1.17 bits per heavy atom. The average molecular weight is 565 g/mol. The molecule has 0 aliphatic carbocycles. The van der Waals surface area contributed by atoms with E-state index < -0.39 is 59.9 Å². The lowest BCUT2D eigenvalue weighted by molar-refractivity contribution is -0.146. The summed E-state index contributed by atoms with van der Waals surface area (Å²) in [5, 5.41) is 21.2. The third-order valence-electron chi connectivity index (χ3n) is 4.95. The Morgan fingerprint density at radius 3 is 2.29 bits per heavy atom. The molecule has 0 saturated carbocycles. The van der Waals surface area contributed by atoms with E-state index in [4.69, 9.17) is 22.8 Å². The van der Waals surface area contributed by atoms with E-state index in [0.29, 0.717) is 19.1 Å². The first-order chi connectivity index (χ1) is 16.3. The van der Waals surface area contributed by atoms with Gasteiger partial charge in [0.25, 0.3) is 0 Å². The maximum absolute atomic E-state index is 12.3. The third kappa shape index (κ3) is 13.9. The first kappa shape index (κ1) is 34.2. The predicted molar refractivity (Wildman–Crippen MR) is 129 cm³/mol. The Morgan fingerprint density at radius 2 is 1.77 bits per heavy atom. The van der Waals surface area contributed by atoms with Gasteiger partial charge in [0.15, 0.2) is 0 Å². The molecule has 0 heterocycles. The standard InChI is InChI=1S/C19H39NO12S2Si/c1-15(33-14-19(2,13-21)18(24)20-7-9-34(25,26)27)17(23)32-12-16(22)11-31-8-6-10-35(28-3,29-4)30-5/h15-16,21-22H,6-14H2,1-5H3,(H,20,24)(H,25,26,27)/p-1. The van der Waals surface area contributed by atoms with Gasteiger partial charge in [0.1, 0.15) is 12.7 Å². The molecule has 1 amide bonds. The molecule has 0 spiro atoms. The lowest BCUT2D eigenvalue weighted by atomic mass is 9.93. The second kappa shape index (κ2) is 16.8. The molecule has 0 aliphatic heterocycles. The molecule has 16 heteroatoms. The minimum Gasteiger partial charge on any atom is -0.748 e. The van der Waals surface area contributed by atoms with Crippen LogP contribution in [0.1, 0.15) is 20.3 Å². The van der Waals surface area contributed by atoms with Crippen molar-refractivity contribution < 1.29 is 55.5 Å². The number of aliphatic hydroxyl groups is 2. The lowest BCUT2D eigenvalue weighted by Crippen LogP contribution is -2.45. The topological polar surface area (TPSA) is 190 Å². The van der Waals surface area contributed by atoms with Crippen molar-refractivity contribution in [2.24, 2.45) is 5.41 Å². The molecule has 0 saturated heterocycles. The number of aliphatic hydroxyl groups excluding tert-OH is 2. The second-order valence-corrected chi connectivity index (χ2v) is 13.9. The van der Waals surface area contributed by atoms with Gasteiger partial charge in [-0.1, -0.05) is 0 Å². The number of amides is 1. The molecule has 208 valence electrons. The van der Waals surface area contributed by atoms with Crippen LogP contribution >= 0.6 is 11.8 Å². The summed E-state index contributed by atoms with van der Waals surface area (Å²) < 4.78 is 58.3. The van der Waals surface area contributed by atoms with Gasteiger partial charge in [0, 0.05) is 46.3 Å². The molecule has 0 radical (unpaired) electrons. The number of carbonyl (C=O) groups excluding carboxylic acids is 2. The minimum atomic E-state index is -4.48. The Bertz CT molecular complexity index is 729. The van der Waals surface area contributed by atoms with Gasteiger partial charge in [-0.25, -0.2) is 8.42 Å². The van der Waals surface area contributed by atoms with Crippen LogP contribution in [0, 0.1) is 5.41 Å². The number of esters is 1. The zero-order chi connectivity index (χ0) is 27.1. The van der Waals surface area contributed by atoms with Crippen LogP contribution in [0.15, 0.2) is 0 Å². The Kier molecular flexibility index (Phi) is 16.4. The highest BCUT2D eigenvalue weighted by molar-refractivity contribution is 8.00. The van der Waals surface area contributed by atoms with Crippen LogP contribution in [0.25, 0.3) is 0 Å². The maximum Gasteiger partial charge on any atom is 0.500 e. The van der Waals surface area contributed by atoms with Crippen molar-refractivity contribution in [1.82, 2.24) is 5.32 Å². The van der Waals surface area contributed by atoms with Crippen molar-refractivity contribution in [2.45, 2.75) is 37.7 Å². The summed E-state index contributed by atoms with van der Waals surface area (Å²) in [6, 6.07) is 0.541. The van der Waals surface area contributed by atoms with Crippen LogP contribution in [0.5, 0.6) is 0 Å². The summed E-state index contributed by atoms with van der Waals surface area (Å²) >= 11 is 1.05. The van der Waals surface area contributed by atoms with E-state index in [2.05, 4.69) is 5.32 Å². The highest BCUT2D eigenvalue weighted by atomic mass is 32.2. The molecule has 3 N–H and O–H groups in total.